The van der Waals surface area contributed by atoms with Gasteiger partial charge in [0.1, 0.15) is 17.9 Å². The van der Waals surface area contributed by atoms with Gasteiger partial charge in [-0.05, 0) is 80.5 Å². The Labute approximate surface area is 213 Å². The number of nitrogens with zero attached hydrogens (tertiary/aromatic N) is 3. The molecule has 0 saturated carbocycles. The highest BCUT2D eigenvalue weighted by molar-refractivity contribution is 8.00. The van der Waals surface area contributed by atoms with Crippen molar-refractivity contribution in [1.29, 1.82) is 0 Å². The fraction of sp³-hybridized carbons (Fsp3) is 0.423. The van der Waals surface area contributed by atoms with Crippen LogP contribution in [0, 0.1) is 13.8 Å². The lowest BCUT2D eigenvalue weighted by molar-refractivity contribution is -0.689. The molecular formula is C26H31F3N3O3S+. The van der Waals surface area contributed by atoms with Crippen LogP contribution < -0.4 is 9.30 Å². The molecule has 0 aliphatic rings. The monoisotopic (exact) mass is 522 g/mol. The van der Waals surface area contributed by atoms with Gasteiger partial charge in [0.05, 0.1) is 12.1 Å². The van der Waals surface area contributed by atoms with Gasteiger partial charge < -0.3 is 9.84 Å². The molecule has 6 nitrogen and oxygen atoms in total. The van der Waals surface area contributed by atoms with Crippen molar-refractivity contribution in [2.45, 2.75) is 64.2 Å². The molecule has 10 heteroatoms. The zero-order chi connectivity index (χ0) is 26.9. The topological polar surface area (TPSA) is 68.2 Å². The van der Waals surface area contributed by atoms with Crippen LogP contribution in [-0.2, 0) is 29.7 Å². The molecule has 1 aromatic heterocycles. The van der Waals surface area contributed by atoms with Gasteiger partial charge in [0, 0.05) is 16.8 Å². The van der Waals surface area contributed by atoms with Gasteiger partial charge in [-0.1, -0.05) is 12.1 Å². The molecule has 0 aliphatic carbocycles. The number of halogens is 3. The molecule has 0 aliphatic heterocycles. The van der Waals surface area contributed by atoms with Gasteiger partial charge >= 0.3 is 12.1 Å². The first-order valence-electron chi connectivity index (χ1n) is 11.3. The summed E-state index contributed by atoms with van der Waals surface area (Å²) >= 11 is 1.42. The SMILES string of the molecule is CSC(C)(C)C(O)(Cn1c[n+](Cc2cc(C)c(OC(C)=O)cc2C)cn1)c1ccc(C(F)(F)F)cc1. The Morgan fingerprint density at radius 2 is 1.72 bits per heavy atom. The first kappa shape index (κ1) is 27.7. The fourth-order valence-electron chi connectivity index (χ4n) is 3.98. The first-order chi connectivity index (χ1) is 16.7. The van der Waals surface area contributed by atoms with Crippen LogP contribution in [-0.4, -0.2) is 31.9 Å². The summed E-state index contributed by atoms with van der Waals surface area (Å²) in [6.07, 6.45) is 0.781. The van der Waals surface area contributed by atoms with E-state index in [9.17, 15) is 23.1 Å². The Morgan fingerprint density at radius 3 is 2.28 bits per heavy atom. The van der Waals surface area contributed by atoms with E-state index in [1.54, 1.807) is 17.3 Å². The van der Waals surface area contributed by atoms with E-state index in [0.717, 1.165) is 28.8 Å². The second kappa shape index (κ2) is 10.3. The smallest absolute Gasteiger partial charge is 0.416 e. The third-order valence-corrected chi connectivity index (χ3v) is 7.82. The summed E-state index contributed by atoms with van der Waals surface area (Å²) in [5, 5.41) is 16.2. The molecule has 3 rings (SSSR count). The van der Waals surface area contributed by atoms with Crippen LogP contribution in [0.1, 0.15) is 48.6 Å². The van der Waals surface area contributed by atoms with E-state index >= 15 is 0 Å². The molecule has 0 fully saturated rings. The Balaban J connectivity index is 1.88. The lowest BCUT2D eigenvalue weighted by atomic mass is 9.82. The number of benzene rings is 2. The second-order valence-electron chi connectivity index (χ2n) is 9.40. The number of aryl methyl sites for hydroxylation is 2. The van der Waals surface area contributed by atoms with Crippen molar-refractivity contribution < 1.29 is 32.4 Å². The normalized spacial score (nSPS) is 13.9. The Hall–Kier alpha value is -2.85. The minimum atomic E-state index is -4.45. The standard InChI is InChI=1S/C26H31F3N3O3S/c1-17-12-23(35-19(3)33)18(2)11-20(17)13-31-15-30-32(16-31)14-25(34,24(4,5)36-6)21-7-9-22(10-8-21)26(27,28)29/h7-12,15-16,34H,13-14H2,1-6H3/q+1. The molecule has 1 N–H and O–H groups in total. The first-order valence-corrected chi connectivity index (χ1v) is 12.5. The molecular weight excluding hydrogens is 491 g/mol. The maximum Gasteiger partial charge on any atom is 0.416 e. The zero-order valence-electron chi connectivity index (χ0n) is 21.2. The lowest BCUT2D eigenvalue weighted by Crippen LogP contribution is -2.48. The molecule has 0 saturated heterocycles. The van der Waals surface area contributed by atoms with Crippen molar-refractivity contribution in [3.05, 3.63) is 76.9 Å². The summed E-state index contributed by atoms with van der Waals surface area (Å²) in [5.74, 6) is 0.139. The minimum absolute atomic E-state index is 0.0442. The molecule has 2 aromatic carbocycles. The maximum atomic E-state index is 13.1. The molecule has 0 amide bonds. The third-order valence-electron chi connectivity index (χ3n) is 6.46. The van der Waals surface area contributed by atoms with E-state index < -0.39 is 22.1 Å². The van der Waals surface area contributed by atoms with Crippen molar-refractivity contribution in [1.82, 2.24) is 9.78 Å². The van der Waals surface area contributed by atoms with Gasteiger partial charge in [0.25, 0.3) is 6.33 Å². The van der Waals surface area contributed by atoms with Gasteiger partial charge in [-0.2, -0.15) is 24.9 Å². The molecule has 194 valence electrons. The quantitative estimate of drug-likeness (QED) is 0.261. The number of esters is 1. The van der Waals surface area contributed by atoms with Gasteiger partial charge in [-0.15, -0.1) is 4.68 Å². The van der Waals surface area contributed by atoms with Gasteiger partial charge in [0.15, 0.2) is 0 Å². The third kappa shape index (κ3) is 5.92. The molecule has 36 heavy (non-hydrogen) atoms. The number of hydrogen-bond donors (Lipinski definition) is 1. The van der Waals surface area contributed by atoms with Crippen LogP contribution in [0.5, 0.6) is 5.75 Å². The number of hydrogen-bond acceptors (Lipinski definition) is 5. The van der Waals surface area contributed by atoms with Gasteiger partial charge in [-0.3, -0.25) is 4.79 Å². The molecule has 3 aromatic rings. The predicted molar refractivity (Wildman–Crippen MR) is 132 cm³/mol. The summed E-state index contributed by atoms with van der Waals surface area (Å²) in [6.45, 7) is 9.39. The van der Waals surface area contributed by atoms with E-state index in [2.05, 4.69) is 5.10 Å². The van der Waals surface area contributed by atoms with Gasteiger partial charge in [0.2, 0.25) is 6.33 Å². The molecule has 0 spiro atoms. The number of alkyl halides is 3. The number of carbonyl (C=O) groups excluding carboxylic acids is 1. The van der Waals surface area contributed by atoms with E-state index in [0.29, 0.717) is 17.9 Å². The summed E-state index contributed by atoms with van der Waals surface area (Å²) in [5.41, 5.74) is 0.898. The van der Waals surface area contributed by atoms with Crippen molar-refractivity contribution in [2.75, 3.05) is 6.26 Å². The molecule has 1 unspecified atom stereocenters. The average Bonchev–Trinajstić information content (AvgIpc) is 3.22. The minimum Gasteiger partial charge on any atom is -0.426 e. The van der Waals surface area contributed by atoms with Crippen LogP contribution >= 0.6 is 11.8 Å². The molecule has 1 heterocycles. The Bertz CT molecular complexity index is 1240. The number of carbonyl (C=O) groups is 1. The fourth-order valence-corrected chi connectivity index (χ4v) is 4.50. The highest BCUT2D eigenvalue weighted by atomic mass is 32.2. The van der Waals surface area contributed by atoms with E-state index in [1.807, 2.05) is 50.7 Å². The number of aliphatic hydroxyl groups is 1. The van der Waals surface area contributed by atoms with E-state index in [-0.39, 0.29) is 12.5 Å². The van der Waals surface area contributed by atoms with Crippen LogP contribution in [0.2, 0.25) is 0 Å². The molecule has 1 atom stereocenters. The van der Waals surface area contributed by atoms with Crippen LogP contribution in [0.3, 0.4) is 0 Å². The number of ether oxygens (including phenoxy) is 1. The Kier molecular flexibility index (Phi) is 7.90. The van der Waals surface area contributed by atoms with Crippen LogP contribution in [0.25, 0.3) is 0 Å². The number of aromatic nitrogens is 3. The summed E-state index contributed by atoms with van der Waals surface area (Å²) < 4.78 is 47.2. The van der Waals surface area contributed by atoms with Crippen molar-refractivity contribution in [3.63, 3.8) is 0 Å². The van der Waals surface area contributed by atoms with Crippen molar-refractivity contribution >= 4 is 17.7 Å². The number of rotatable bonds is 8. The molecule has 0 radical (unpaired) electrons. The maximum absolute atomic E-state index is 13.1. The van der Waals surface area contributed by atoms with E-state index in [1.165, 1.54) is 30.8 Å². The van der Waals surface area contributed by atoms with Crippen molar-refractivity contribution in [3.8, 4) is 5.75 Å². The predicted octanol–water partition coefficient (Wildman–Crippen LogP) is 4.81. The van der Waals surface area contributed by atoms with E-state index in [4.69, 9.17) is 4.74 Å². The second-order valence-corrected chi connectivity index (χ2v) is 10.8. The Morgan fingerprint density at radius 1 is 1.11 bits per heavy atom. The van der Waals surface area contributed by atoms with Gasteiger partial charge in [-0.25, -0.2) is 4.57 Å². The average molecular weight is 523 g/mol. The largest absolute Gasteiger partial charge is 0.426 e. The van der Waals surface area contributed by atoms with Crippen LogP contribution in [0.4, 0.5) is 13.2 Å². The number of thioether (sulfide) groups is 1. The highest BCUT2D eigenvalue weighted by Gasteiger charge is 2.47. The zero-order valence-corrected chi connectivity index (χ0v) is 22.0. The summed E-state index contributed by atoms with van der Waals surface area (Å²) in [7, 11) is 0. The van der Waals surface area contributed by atoms with Crippen molar-refractivity contribution in [2.24, 2.45) is 0 Å². The summed E-state index contributed by atoms with van der Waals surface area (Å²) in [4.78, 5) is 11.3. The molecule has 0 bridgehead atoms. The highest BCUT2D eigenvalue weighted by Crippen LogP contribution is 2.43. The summed E-state index contributed by atoms with van der Waals surface area (Å²) in [6, 6.07) is 8.41. The lowest BCUT2D eigenvalue weighted by Gasteiger charge is -2.40. The van der Waals surface area contributed by atoms with Crippen LogP contribution in [0.15, 0.2) is 49.1 Å².